The molecular formula is C14H15NO4. The Bertz CT molecular complexity index is 660. The summed E-state index contributed by atoms with van der Waals surface area (Å²) < 4.78 is 10.2. The zero-order chi connectivity index (χ0) is 14.0. The Balaban J connectivity index is 2.26. The average Bonchev–Trinajstić information content (AvgIpc) is 2.37. The zero-order valence-corrected chi connectivity index (χ0v) is 10.8. The predicted octanol–water partition coefficient (Wildman–Crippen LogP) is 1.68. The Morgan fingerprint density at radius 2 is 1.95 bits per heavy atom. The number of fused-ring (bicyclic) bond motifs is 1. The lowest BCUT2D eigenvalue weighted by atomic mass is 10.1. The second-order valence-corrected chi connectivity index (χ2v) is 4.64. The van der Waals surface area contributed by atoms with Gasteiger partial charge >= 0.3 is 11.6 Å². The summed E-state index contributed by atoms with van der Waals surface area (Å²) in [5.74, 6) is -0.207. The molecule has 5 heteroatoms. The molecule has 0 aliphatic rings. The quantitative estimate of drug-likeness (QED) is 0.516. The number of carbonyl (C=O) groups excluding carboxylic acids is 1. The molecule has 2 N–H and O–H groups in total. The van der Waals surface area contributed by atoms with Crippen LogP contribution >= 0.6 is 0 Å². The van der Waals surface area contributed by atoms with E-state index >= 15 is 0 Å². The van der Waals surface area contributed by atoms with Gasteiger partial charge in [0.1, 0.15) is 17.4 Å². The van der Waals surface area contributed by atoms with E-state index in [9.17, 15) is 9.59 Å². The van der Waals surface area contributed by atoms with Crippen LogP contribution in [-0.4, -0.2) is 12.0 Å². The van der Waals surface area contributed by atoms with Crippen LogP contribution in [0.25, 0.3) is 11.0 Å². The van der Waals surface area contributed by atoms with Gasteiger partial charge in [-0.15, -0.1) is 0 Å². The third-order valence-corrected chi connectivity index (χ3v) is 2.80. The summed E-state index contributed by atoms with van der Waals surface area (Å²) in [5, 5.41) is 0.757. The van der Waals surface area contributed by atoms with Gasteiger partial charge in [0.05, 0.1) is 0 Å². The van der Waals surface area contributed by atoms with Crippen molar-refractivity contribution < 1.29 is 13.9 Å². The molecule has 1 aromatic carbocycles. The molecule has 1 atom stereocenters. The van der Waals surface area contributed by atoms with E-state index in [4.69, 9.17) is 14.9 Å². The first-order valence-corrected chi connectivity index (χ1v) is 5.98. The Kier molecular flexibility index (Phi) is 3.66. The molecule has 1 aromatic heterocycles. The van der Waals surface area contributed by atoms with Gasteiger partial charge in [-0.3, -0.25) is 0 Å². The lowest BCUT2D eigenvalue weighted by Gasteiger charge is -2.14. The fraction of sp³-hybridized carbons (Fsp3) is 0.286. The van der Waals surface area contributed by atoms with Gasteiger partial charge in [0.2, 0.25) is 0 Å². The maximum atomic E-state index is 11.7. The minimum atomic E-state index is -0.682. The first kappa shape index (κ1) is 13.3. The summed E-state index contributed by atoms with van der Waals surface area (Å²) in [7, 11) is 0. The van der Waals surface area contributed by atoms with Crippen molar-refractivity contribution in [2.45, 2.75) is 19.9 Å². The minimum absolute atomic E-state index is 0.00844. The van der Waals surface area contributed by atoms with E-state index in [0.29, 0.717) is 11.3 Å². The summed E-state index contributed by atoms with van der Waals surface area (Å²) in [6, 6.07) is 7.14. The monoisotopic (exact) mass is 261 g/mol. The van der Waals surface area contributed by atoms with E-state index in [1.807, 2.05) is 13.8 Å². The molecule has 2 rings (SSSR count). The molecule has 0 saturated carbocycles. The van der Waals surface area contributed by atoms with E-state index < -0.39 is 17.6 Å². The van der Waals surface area contributed by atoms with Crippen LogP contribution < -0.4 is 16.1 Å². The number of rotatable bonds is 3. The van der Waals surface area contributed by atoms with Crippen molar-refractivity contribution >= 4 is 16.9 Å². The Morgan fingerprint density at radius 1 is 1.26 bits per heavy atom. The van der Waals surface area contributed by atoms with Crippen molar-refractivity contribution in [2.75, 3.05) is 0 Å². The number of nitrogens with two attached hydrogens (primary N) is 1. The first-order valence-electron chi connectivity index (χ1n) is 5.98. The fourth-order valence-corrected chi connectivity index (χ4v) is 1.56. The van der Waals surface area contributed by atoms with Gasteiger partial charge in [-0.25, -0.2) is 9.59 Å². The normalized spacial score (nSPS) is 12.6. The number of esters is 1. The maximum absolute atomic E-state index is 11.7. The molecule has 0 fully saturated rings. The highest BCUT2D eigenvalue weighted by atomic mass is 16.5. The van der Waals surface area contributed by atoms with Gasteiger partial charge < -0.3 is 14.9 Å². The van der Waals surface area contributed by atoms with Gasteiger partial charge in [0.15, 0.2) is 0 Å². The van der Waals surface area contributed by atoms with Crippen molar-refractivity contribution in [2.24, 2.45) is 11.7 Å². The van der Waals surface area contributed by atoms with Gasteiger partial charge in [0.25, 0.3) is 0 Å². The molecule has 5 nitrogen and oxygen atoms in total. The lowest BCUT2D eigenvalue weighted by molar-refractivity contribution is -0.136. The van der Waals surface area contributed by atoms with E-state index in [1.54, 1.807) is 18.2 Å². The Morgan fingerprint density at radius 3 is 2.63 bits per heavy atom. The summed E-state index contributed by atoms with van der Waals surface area (Å²) in [6.45, 7) is 3.68. The number of ether oxygens (including phenoxy) is 1. The third-order valence-electron chi connectivity index (χ3n) is 2.80. The Hall–Kier alpha value is -2.14. The van der Waals surface area contributed by atoms with Gasteiger partial charge in [0, 0.05) is 17.5 Å². The van der Waals surface area contributed by atoms with Crippen LogP contribution in [0.3, 0.4) is 0 Å². The topological polar surface area (TPSA) is 82.5 Å². The van der Waals surface area contributed by atoms with Crippen LogP contribution in [0.2, 0.25) is 0 Å². The van der Waals surface area contributed by atoms with Crippen molar-refractivity contribution in [3.63, 3.8) is 0 Å². The van der Waals surface area contributed by atoms with Crippen molar-refractivity contribution in [3.05, 3.63) is 40.8 Å². The van der Waals surface area contributed by atoms with Crippen LogP contribution in [0.5, 0.6) is 5.75 Å². The standard InChI is InChI=1S/C14H15NO4/c1-8(2)13(15)14(17)18-10-5-3-9-4-6-12(16)19-11(9)7-10/h3-8,13H,15H2,1-2H3/t13-/m1/s1. The third kappa shape index (κ3) is 3.00. The summed E-state index contributed by atoms with van der Waals surface area (Å²) in [6.07, 6.45) is 0. The van der Waals surface area contributed by atoms with Gasteiger partial charge in [-0.2, -0.15) is 0 Å². The van der Waals surface area contributed by atoms with Crippen LogP contribution in [0.15, 0.2) is 39.5 Å². The van der Waals surface area contributed by atoms with Gasteiger partial charge in [-0.05, 0) is 24.1 Å². The van der Waals surface area contributed by atoms with Crippen LogP contribution in [0.4, 0.5) is 0 Å². The van der Waals surface area contributed by atoms with E-state index in [1.165, 1.54) is 12.1 Å². The second kappa shape index (κ2) is 5.24. The molecule has 0 unspecified atom stereocenters. The van der Waals surface area contributed by atoms with E-state index in [-0.39, 0.29) is 5.92 Å². The highest BCUT2D eigenvalue weighted by molar-refractivity contribution is 5.81. The van der Waals surface area contributed by atoms with Gasteiger partial charge in [-0.1, -0.05) is 13.8 Å². The smallest absolute Gasteiger partial charge is 0.336 e. The predicted molar refractivity (Wildman–Crippen MR) is 70.9 cm³/mol. The minimum Gasteiger partial charge on any atom is -0.425 e. The average molecular weight is 261 g/mol. The van der Waals surface area contributed by atoms with Crippen LogP contribution in [0, 0.1) is 5.92 Å². The zero-order valence-electron chi connectivity index (χ0n) is 10.8. The maximum Gasteiger partial charge on any atom is 0.336 e. The summed E-state index contributed by atoms with van der Waals surface area (Å²) in [4.78, 5) is 22.8. The summed E-state index contributed by atoms with van der Waals surface area (Å²) >= 11 is 0. The van der Waals surface area contributed by atoms with Crippen molar-refractivity contribution in [3.8, 4) is 5.75 Å². The number of benzene rings is 1. The molecule has 2 aromatic rings. The largest absolute Gasteiger partial charge is 0.425 e. The molecule has 0 radical (unpaired) electrons. The highest BCUT2D eigenvalue weighted by Gasteiger charge is 2.19. The molecule has 100 valence electrons. The molecule has 0 bridgehead atoms. The van der Waals surface area contributed by atoms with Crippen LogP contribution in [0.1, 0.15) is 13.8 Å². The number of hydrogen-bond donors (Lipinski definition) is 1. The first-order chi connectivity index (χ1) is 8.97. The highest BCUT2D eigenvalue weighted by Crippen LogP contribution is 2.20. The molecule has 19 heavy (non-hydrogen) atoms. The lowest BCUT2D eigenvalue weighted by Crippen LogP contribution is -2.38. The van der Waals surface area contributed by atoms with Crippen molar-refractivity contribution in [1.29, 1.82) is 0 Å². The molecule has 1 heterocycles. The SMILES string of the molecule is CC(C)[C@@H](N)C(=O)Oc1ccc2ccc(=O)oc2c1. The second-order valence-electron chi connectivity index (χ2n) is 4.64. The molecule has 0 aliphatic carbocycles. The molecule has 0 saturated heterocycles. The molecular weight excluding hydrogens is 246 g/mol. The molecule has 0 spiro atoms. The van der Waals surface area contributed by atoms with E-state index in [2.05, 4.69) is 0 Å². The fourth-order valence-electron chi connectivity index (χ4n) is 1.56. The Labute approximate surface area is 110 Å². The molecule has 0 amide bonds. The van der Waals surface area contributed by atoms with Crippen LogP contribution in [-0.2, 0) is 4.79 Å². The van der Waals surface area contributed by atoms with Crippen molar-refractivity contribution in [1.82, 2.24) is 0 Å². The number of hydrogen-bond acceptors (Lipinski definition) is 5. The summed E-state index contributed by atoms with van der Waals surface area (Å²) in [5.41, 5.74) is 5.62. The molecule has 0 aliphatic heterocycles. The van der Waals surface area contributed by atoms with E-state index in [0.717, 1.165) is 5.39 Å². The number of carbonyl (C=O) groups is 1.